The van der Waals surface area contributed by atoms with Crippen molar-refractivity contribution < 1.29 is 23.5 Å². The maximum absolute atomic E-state index is 13.9. The fourth-order valence-corrected chi connectivity index (χ4v) is 2.81. The predicted octanol–water partition coefficient (Wildman–Crippen LogP) is 4.05. The topological polar surface area (TPSA) is 55.8 Å². The van der Waals surface area contributed by atoms with Crippen molar-refractivity contribution >= 4 is 11.9 Å². The van der Waals surface area contributed by atoms with Gasteiger partial charge in [0.1, 0.15) is 5.60 Å². The zero-order valence-electron chi connectivity index (χ0n) is 15.3. The third-order valence-corrected chi connectivity index (χ3v) is 4.03. The highest BCUT2D eigenvalue weighted by molar-refractivity contribution is 5.98. The van der Waals surface area contributed by atoms with Gasteiger partial charge in [0.05, 0.1) is 6.61 Å². The highest BCUT2D eigenvalue weighted by Gasteiger charge is 2.30. The first kappa shape index (κ1) is 19.2. The van der Waals surface area contributed by atoms with Gasteiger partial charge in [-0.25, -0.2) is 9.18 Å². The number of hydrogen-bond donors (Lipinski definition) is 0. The van der Waals surface area contributed by atoms with E-state index >= 15 is 0 Å². The van der Waals surface area contributed by atoms with Gasteiger partial charge >= 0.3 is 6.09 Å². The van der Waals surface area contributed by atoms with Crippen LogP contribution >= 0.6 is 0 Å². The largest absolute Gasteiger partial charge is 0.491 e. The van der Waals surface area contributed by atoms with Gasteiger partial charge in [-0.05, 0) is 58.7 Å². The molecule has 1 aliphatic rings. The Labute approximate surface area is 148 Å². The highest BCUT2D eigenvalue weighted by Crippen LogP contribution is 2.25. The van der Waals surface area contributed by atoms with Crippen LogP contribution in [0.25, 0.3) is 0 Å². The Kier molecular flexibility index (Phi) is 6.03. The van der Waals surface area contributed by atoms with Gasteiger partial charge in [-0.3, -0.25) is 4.79 Å². The lowest BCUT2D eigenvalue weighted by Gasteiger charge is -2.33. The van der Waals surface area contributed by atoms with Crippen molar-refractivity contribution in [3.05, 3.63) is 29.6 Å². The molecule has 0 bridgehead atoms. The summed E-state index contributed by atoms with van der Waals surface area (Å²) in [7, 11) is 0. The van der Waals surface area contributed by atoms with Crippen LogP contribution in [0.4, 0.5) is 9.18 Å². The van der Waals surface area contributed by atoms with Crippen molar-refractivity contribution in [1.82, 2.24) is 4.90 Å². The second-order valence-corrected chi connectivity index (χ2v) is 7.18. The fraction of sp³-hybridized carbons (Fsp3) is 0.579. The van der Waals surface area contributed by atoms with Gasteiger partial charge in [0.15, 0.2) is 17.3 Å². The van der Waals surface area contributed by atoms with Gasteiger partial charge in [-0.1, -0.05) is 0 Å². The molecule has 6 heteroatoms. The summed E-state index contributed by atoms with van der Waals surface area (Å²) in [5.41, 5.74) is -0.194. The number of benzene rings is 1. The van der Waals surface area contributed by atoms with Gasteiger partial charge in [0, 0.05) is 24.6 Å². The molecule has 0 spiro atoms. The third kappa shape index (κ3) is 5.18. The van der Waals surface area contributed by atoms with Crippen molar-refractivity contribution in [2.45, 2.75) is 46.1 Å². The molecular weight excluding hydrogens is 325 g/mol. The van der Waals surface area contributed by atoms with E-state index in [2.05, 4.69) is 0 Å². The smallest absolute Gasteiger partial charge is 0.410 e. The monoisotopic (exact) mass is 351 g/mol. The maximum atomic E-state index is 13.9. The van der Waals surface area contributed by atoms with Crippen LogP contribution in [0.5, 0.6) is 5.75 Å². The maximum Gasteiger partial charge on any atom is 0.410 e. The number of carbonyl (C=O) groups is 2. The lowest BCUT2D eigenvalue weighted by molar-refractivity contribution is 0.0182. The normalized spacial score (nSPS) is 15.8. The van der Waals surface area contributed by atoms with E-state index in [1.165, 1.54) is 12.1 Å². The van der Waals surface area contributed by atoms with Crippen LogP contribution in [0.1, 0.15) is 50.9 Å². The Bertz CT molecular complexity index is 631. The molecule has 1 saturated heterocycles. The fourth-order valence-electron chi connectivity index (χ4n) is 2.81. The molecule has 0 unspecified atom stereocenters. The summed E-state index contributed by atoms with van der Waals surface area (Å²) in [5.74, 6) is -0.681. The average molecular weight is 351 g/mol. The molecule has 1 aromatic rings. The number of ether oxygens (including phenoxy) is 2. The molecule has 1 aliphatic heterocycles. The number of ketones is 1. The Morgan fingerprint density at radius 2 is 1.88 bits per heavy atom. The van der Waals surface area contributed by atoms with E-state index in [9.17, 15) is 14.0 Å². The molecule has 0 aromatic heterocycles. The summed E-state index contributed by atoms with van der Waals surface area (Å²) < 4.78 is 24.4. The molecule has 1 aromatic carbocycles. The van der Waals surface area contributed by atoms with E-state index in [4.69, 9.17) is 9.47 Å². The van der Waals surface area contributed by atoms with Crippen molar-refractivity contribution in [1.29, 1.82) is 0 Å². The minimum Gasteiger partial charge on any atom is -0.491 e. The number of hydrogen-bond acceptors (Lipinski definition) is 4. The molecule has 1 heterocycles. The number of likely N-dealkylation sites (tertiary alicyclic amines) is 1. The van der Waals surface area contributed by atoms with Crippen LogP contribution in [0.3, 0.4) is 0 Å². The summed E-state index contributed by atoms with van der Waals surface area (Å²) in [6.45, 7) is 8.53. The number of amides is 1. The number of halogens is 1. The van der Waals surface area contributed by atoms with Gasteiger partial charge in [0.25, 0.3) is 0 Å². The summed E-state index contributed by atoms with van der Waals surface area (Å²) >= 11 is 0. The zero-order chi connectivity index (χ0) is 18.6. The molecule has 138 valence electrons. The van der Waals surface area contributed by atoms with Crippen LogP contribution in [-0.4, -0.2) is 42.1 Å². The van der Waals surface area contributed by atoms with Crippen molar-refractivity contribution in [3.63, 3.8) is 0 Å². The van der Waals surface area contributed by atoms with Gasteiger partial charge < -0.3 is 14.4 Å². The second kappa shape index (κ2) is 7.85. The molecular formula is C19H26FNO4. The molecule has 0 atom stereocenters. The highest BCUT2D eigenvalue weighted by atomic mass is 19.1. The van der Waals surface area contributed by atoms with E-state index in [1.807, 2.05) is 20.8 Å². The van der Waals surface area contributed by atoms with Crippen LogP contribution in [0, 0.1) is 11.7 Å². The minimum atomic E-state index is -0.538. The molecule has 1 fully saturated rings. The molecule has 0 N–H and O–H groups in total. The van der Waals surface area contributed by atoms with E-state index < -0.39 is 11.4 Å². The number of rotatable bonds is 4. The first-order chi connectivity index (χ1) is 11.7. The standard InChI is InChI=1S/C19H26FNO4/c1-5-24-16-7-6-14(12-15(16)20)17(22)13-8-10-21(11-9-13)18(23)25-19(2,3)4/h6-7,12-13H,5,8-11H2,1-4H3. The summed E-state index contributed by atoms with van der Waals surface area (Å²) in [6.07, 6.45) is 0.741. The van der Waals surface area contributed by atoms with Gasteiger partial charge in [-0.15, -0.1) is 0 Å². The zero-order valence-corrected chi connectivity index (χ0v) is 15.3. The molecule has 1 amide bonds. The number of piperidine rings is 1. The van der Waals surface area contributed by atoms with Crippen LogP contribution in [-0.2, 0) is 4.74 Å². The number of Topliss-reactive ketones (excluding diaryl/α,β-unsaturated/α-hetero) is 1. The predicted molar refractivity (Wildman–Crippen MR) is 92.4 cm³/mol. The Hall–Kier alpha value is -2.11. The summed E-state index contributed by atoms with van der Waals surface area (Å²) in [4.78, 5) is 26.3. The number of nitrogens with zero attached hydrogens (tertiary/aromatic N) is 1. The quantitative estimate of drug-likeness (QED) is 0.768. The average Bonchev–Trinajstić information content (AvgIpc) is 2.55. The van der Waals surface area contributed by atoms with E-state index in [-0.39, 0.29) is 23.5 Å². The molecule has 0 aliphatic carbocycles. The first-order valence-corrected chi connectivity index (χ1v) is 8.65. The second-order valence-electron chi connectivity index (χ2n) is 7.18. The molecule has 25 heavy (non-hydrogen) atoms. The first-order valence-electron chi connectivity index (χ1n) is 8.65. The van der Waals surface area contributed by atoms with E-state index in [0.29, 0.717) is 38.1 Å². The van der Waals surface area contributed by atoms with Crippen molar-refractivity contribution in [2.75, 3.05) is 19.7 Å². The van der Waals surface area contributed by atoms with Crippen LogP contribution in [0.2, 0.25) is 0 Å². The van der Waals surface area contributed by atoms with Gasteiger partial charge in [0.2, 0.25) is 0 Å². The minimum absolute atomic E-state index is 0.0919. The Morgan fingerprint density at radius 1 is 1.24 bits per heavy atom. The molecule has 2 rings (SSSR count). The van der Waals surface area contributed by atoms with Gasteiger partial charge in [-0.2, -0.15) is 0 Å². The van der Waals surface area contributed by atoms with Crippen LogP contribution in [0.15, 0.2) is 18.2 Å². The summed E-state index contributed by atoms with van der Waals surface area (Å²) in [5, 5.41) is 0. The Morgan fingerprint density at radius 3 is 2.40 bits per heavy atom. The summed E-state index contributed by atoms with van der Waals surface area (Å²) in [6, 6.07) is 4.31. The van der Waals surface area contributed by atoms with Crippen molar-refractivity contribution in [2.24, 2.45) is 5.92 Å². The SMILES string of the molecule is CCOc1ccc(C(=O)C2CCN(C(=O)OC(C)(C)C)CC2)cc1F. The molecule has 0 saturated carbocycles. The Balaban J connectivity index is 1.95. The van der Waals surface area contributed by atoms with E-state index in [0.717, 1.165) is 0 Å². The number of carbonyl (C=O) groups excluding carboxylic acids is 2. The molecule has 0 radical (unpaired) electrons. The van der Waals surface area contributed by atoms with E-state index in [1.54, 1.807) is 17.9 Å². The molecule has 5 nitrogen and oxygen atoms in total. The lowest BCUT2D eigenvalue weighted by atomic mass is 9.89. The van der Waals surface area contributed by atoms with Crippen molar-refractivity contribution in [3.8, 4) is 5.75 Å². The third-order valence-electron chi connectivity index (χ3n) is 4.03. The lowest BCUT2D eigenvalue weighted by Crippen LogP contribution is -2.43. The van der Waals surface area contributed by atoms with Crippen LogP contribution < -0.4 is 4.74 Å².